The maximum absolute atomic E-state index is 9.15. The predicted octanol–water partition coefficient (Wildman–Crippen LogP) is 3.41. The second-order valence-corrected chi connectivity index (χ2v) is 5.15. The number of thiazole rings is 1. The van der Waals surface area contributed by atoms with Gasteiger partial charge in [0.25, 0.3) is 0 Å². The standard InChI is InChI=1S/C12H10BrN3S/c1-16(6-9-7-17-8-15-9)12-4-2-3-11(13)10(12)5-14/h2-4,7-8H,6H2,1H3. The third-order valence-corrected chi connectivity index (χ3v) is 3.69. The van der Waals surface area contributed by atoms with Gasteiger partial charge in [-0.1, -0.05) is 6.07 Å². The average molecular weight is 308 g/mol. The van der Waals surface area contributed by atoms with Gasteiger partial charge in [-0.3, -0.25) is 0 Å². The molecule has 0 fully saturated rings. The molecule has 17 heavy (non-hydrogen) atoms. The third-order valence-electron chi connectivity index (χ3n) is 2.40. The minimum absolute atomic E-state index is 0.658. The predicted molar refractivity (Wildman–Crippen MR) is 73.1 cm³/mol. The average Bonchev–Trinajstić information content (AvgIpc) is 2.81. The van der Waals surface area contributed by atoms with E-state index in [1.807, 2.05) is 41.0 Å². The molecule has 86 valence electrons. The summed E-state index contributed by atoms with van der Waals surface area (Å²) in [6.07, 6.45) is 0. The van der Waals surface area contributed by atoms with Crippen LogP contribution in [0.5, 0.6) is 0 Å². The number of nitrogens with zero attached hydrogens (tertiary/aromatic N) is 3. The Labute approximate surface area is 112 Å². The maximum Gasteiger partial charge on any atom is 0.103 e. The summed E-state index contributed by atoms with van der Waals surface area (Å²) in [5.41, 5.74) is 4.40. The number of aromatic nitrogens is 1. The summed E-state index contributed by atoms with van der Waals surface area (Å²) in [4.78, 5) is 6.27. The zero-order valence-corrected chi connectivity index (χ0v) is 11.6. The van der Waals surface area contributed by atoms with Crippen LogP contribution in [0.3, 0.4) is 0 Å². The molecule has 3 nitrogen and oxygen atoms in total. The summed E-state index contributed by atoms with van der Waals surface area (Å²) >= 11 is 4.97. The number of nitriles is 1. The molecule has 0 aliphatic rings. The molecular weight excluding hydrogens is 298 g/mol. The Kier molecular flexibility index (Phi) is 3.77. The topological polar surface area (TPSA) is 39.9 Å². The van der Waals surface area contributed by atoms with Crippen LogP contribution in [-0.4, -0.2) is 12.0 Å². The first-order valence-electron chi connectivity index (χ1n) is 4.99. The van der Waals surface area contributed by atoms with Crippen LogP contribution < -0.4 is 4.90 Å². The Hall–Kier alpha value is -1.38. The molecule has 1 heterocycles. The molecule has 1 aromatic heterocycles. The highest BCUT2D eigenvalue weighted by molar-refractivity contribution is 9.10. The van der Waals surface area contributed by atoms with Gasteiger partial charge < -0.3 is 4.90 Å². The number of benzene rings is 1. The highest BCUT2D eigenvalue weighted by atomic mass is 79.9. The van der Waals surface area contributed by atoms with E-state index in [0.717, 1.165) is 15.9 Å². The second kappa shape index (κ2) is 5.30. The number of halogens is 1. The highest BCUT2D eigenvalue weighted by Gasteiger charge is 2.11. The maximum atomic E-state index is 9.15. The van der Waals surface area contributed by atoms with Crippen molar-refractivity contribution < 1.29 is 0 Å². The van der Waals surface area contributed by atoms with Crippen LogP contribution in [0.4, 0.5) is 5.69 Å². The van der Waals surface area contributed by atoms with E-state index in [1.54, 1.807) is 11.3 Å². The van der Waals surface area contributed by atoms with Crippen LogP contribution >= 0.6 is 27.3 Å². The van der Waals surface area contributed by atoms with Gasteiger partial charge in [0.1, 0.15) is 6.07 Å². The van der Waals surface area contributed by atoms with Crippen molar-refractivity contribution >= 4 is 33.0 Å². The number of hydrogen-bond donors (Lipinski definition) is 0. The van der Waals surface area contributed by atoms with Crippen LogP contribution in [0, 0.1) is 11.3 Å². The monoisotopic (exact) mass is 307 g/mol. The third kappa shape index (κ3) is 2.65. The Bertz CT molecular complexity index is 545. The van der Waals surface area contributed by atoms with Gasteiger partial charge in [0.05, 0.1) is 29.0 Å². The highest BCUT2D eigenvalue weighted by Crippen LogP contribution is 2.27. The number of hydrogen-bond acceptors (Lipinski definition) is 4. The van der Waals surface area contributed by atoms with E-state index in [4.69, 9.17) is 5.26 Å². The first-order valence-corrected chi connectivity index (χ1v) is 6.72. The van der Waals surface area contributed by atoms with Gasteiger partial charge in [-0.25, -0.2) is 4.98 Å². The lowest BCUT2D eigenvalue weighted by molar-refractivity contribution is 0.892. The van der Waals surface area contributed by atoms with Crippen LogP contribution in [0.2, 0.25) is 0 Å². The number of anilines is 1. The van der Waals surface area contributed by atoms with Gasteiger partial charge in [0.15, 0.2) is 0 Å². The van der Waals surface area contributed by atoms with Crippen molar-refractivity contribution in [2.24, 2.45) is 0 Å². The summed E-state index contributed by atoms with van der Waals surface area (Å²) in [7, 11) is 1.96. The SMILES string of the molecule is CN(Cc1cscn1)c1cccc(Br)c1C#N. The minimum atomic E-state index is 0.658. The van der Waals surface area contributed by atoms with E-state index >= 15 is 0 Å². The van der Waals surface area contributed by atoms with Gasteiger partial charge in [0.2, 0.25) is 0 Å². The van der Waals surface area contributed by atoms with Crippen molar-refractivity contribution in [1.29, 1.82) is 5.26 Å². The minimum Gasteiger partial charge on any atom is -0.368 e. The fourth-order valence-electron chi connectivity index (χ4n) is 1.59. The molecule has 2 aromatic rings. The summed E-state index contributed by atoms with van der Waals surface area (Å²) in [6, 6.07) is 7.96. The first kappa shape index (κ1) is 12.1. The molecule has 0 bridgehead atoms. The fourth-order valence-corrected chi connectivity index (χ4v) is 2.58. The lowest BCUT2D eigenvalue weighted by Gasteiger charge is -2.19. The molecule has 1 aromatic carbocycles. The van der Waals surface area contributed by atoms with Gasteiger partial charge in [0, 0.05) is 16.9 Å². The molecule has 0 spiro atoms. The van der Waals surface area contributed by atoms with E-state index in [0.29, 0.717) is 12.1 Å². The zero-order chi connectivity index (χ0) is 12.3. The van der Waals surface area contributed by atoms with Crippen molar-refractivity contribution in [1.82, 2.24) is 4.98 Å². The van der Waals surface area contributed by atoms with Crippen LogP contribution in [0.25, 0.3) is 0 Å². The fraction of sp³-hybridized carbons (Fsp3) is 0.167. The van der Waals surface area contributed by atoms with Crippen LogP contribution in [0.1, 0.15) is 11.3 Å². The van der Waals surface area contributed by atoms with Crippen molar-refractivity contribution in [3.63, 3.8) is 0 Å². The Morgan fingerprint density at radius 2 is 2.35 bits per heavy atom. The van der Waals surface area contributed by atoms with Crippen molar-refractivity contribution in [2.45, 2.75) is 6.54 Å². The van der Waals surface area contributed by atoms with Crippen LogP contribution in [-0.2, 0) is 6.54 Å². The zero-order valence-electron chi connectivity index (χ0n) is 9.22. The van der Waals surface area contributed by atoms with Crippen molar-refractivity contribution in [3.8, 4) is 6.07 Å². The molecule has 0 N–H and O–H groups in total. The smallest absolute Gasteiger partial charge is 0.103 e. The number of rotatable bonds is 3. The van der Waals surface area contributed by atoms with Crippen LogP contribution in [0.15, 0.2) is 33.6 Å². The summed E-state index contributed by atoms with van der Waals surface area (Å²) in [5, 5.41) is 11.2. The summed E-state index contributed by atoms with van der Waals surface area (Å²) < 4.78 is 0.822. The first-order chi connectivity index (χ1) is 8.22. The molecule has 0 radical (unpaired) electrons. The molecule has 0 aliphatic heterocycles. The Balaban J connectivity index is 2.28. The largest absolute Gasteiger partial charge is 0.368 e. The molecule has 0 saturated heterocycles. The van der Waals surface area contributed by atoms with E-state index in [-0.39, 0.29) is 0 Å². The quantitative estimate of drug-likeness (QED) is 0.872. The molecule has 0 unspecified atom stereocenters. The molecule has 0 aliphatic carbocycles. The lowest BCUT2D eigenvalue weighted by atomic mass is 10.2. The molecule has 0 saturated carbocycles. The molecule has 5 heteroatoms. The molecule has 0 amide bonds. The van der Waals surface area contributed by atoms with Crippen molar-refractivity contribution in [2.75, 3.05) is 11.9 Å². The summed E-state index contributed by atoms with van der Waals surface area (Å²) in [5.74, 6) is 0. The van der Waals surface area contributed by atoms with Gasteiger partial charge in [-0.05, 0) is 28.1 Å². The van der Waals surface area contributed by atoms with Gasteiger partial charge in [-0.15, -0.1) is 11.3 Å². The normalized spacial score (nSPS) is 9.94. The Morgan fingerprint density at radius 3 is 3.00 bits per heavy atom. The molecular formula is C12H10BrN3S. The van der Waals surface area contributed by atoms with E-state index < -0.39 is 0 Å². The summed E-state index contributed by atoms with van der Waals surface area (Å²) in [6.45, 7) is 0.703. The van der Waals surface area contributed by atoms with Gasteiger partial charge >= 0.3 is 0 Å². The van der Waals surface area contributed by atoms with E-state index in [9.17, 15) is 0 Å². The molecule has 2 rings (SSSR count). The van der Waals surface area contributed by atoms with E-state index in [2.05, 4.69) is 27.0 Å². The lowest BCUT2D eigenvalue weighted by Crippen LogP contribution is -2.17. The molecule has 0 atom stereocenters. The Morgan fingerprint density at radius 1 is 1.53 bits per heavy atom. The van der Waals surface area contributed by atoms with Gasteiger partial charge in [-0.2, -0.15) is 5.26 Å². The van der Waals surface area contributed by atoms with E-state index in [1.165, 1.54) is 0 Å². The second-order valence-electron chi connectivity index (χ2n) is 3.58. The van der Waals surface area contributed by atoms with Crippen molar-refractivity contribution in [3.05, 3.63) is 44.8 Å².